The maximum Gasteiger partial charge on any atom is 0.0969 e. The van der Waals surface area contributed by atoms with E-state index in [9.17, 15) is 0 Å². The highest BCUT2D eigenvalue weighted by atomic mass is 32.1. The summed E-state index contributed by atoms with van der Waals surface area (Å²) in [6.07, 6.45) is 0.857. The predicted molar refractivity (Wildman–Crippen MR) is 67.9 cm³/mol. The minimum atomic E-state index is 0.208. The van der Waals surface area contributed by atoms with Gasteiger partial charge >= 0.3 is 0 Å². The molecule has 0 saturated heterocycles. The van der Waals surface area contributed by atoms with Crippen LogP contribution in [0.1, 0.15) is 23.5 Å². The van der Waals surface area contributed by atoms with Crippen molar-refractivity contribution in [3.8, 4) is 0 Å². The fourth-order valence-corrected chi connectivity index (χ4v) is 2.52. The van der Waals surface area contributed by atoms with Crippen LogP contribution in [-0.2, 0) is 6.42 Å². The van der Waals surface area contributed by atoms with Gasteiger partial charge in [0.05, 0.1) is 17.3 Å². The molecule has 0 aromatic carbocycles. The third-order valence-corrected chi connectivity index (χ3v) is 3.58. The third-order valence-electron chi connectivity index (χ3n) is 2.46. The van der Waals surface area contributed by atoms with Gasteiger partial charge in [-0.1, -0.05) is 6.92 Å². The molecule has 0 bridgehead atoms. The molecule has 0 aliphatic heterocycles. The van der Waals surface area contributed by atoms with Crippen LogP contribution < -0.4 is 5.73 Å². The zero-order valence-electron chi connectivity index (χ0n) is 10.0. The van der Waals surface area contributed by atoms with Crippen molar-refractivity contribution >= 4 is 11.3 Å². The van der Waals surface area contributed by atoms with E-state index in [2.05, 4.69) is 22.2 Å². The van der Waals surface area contributed by atoms with E-state index in [1.807, 2.05) is 7.05 Å². The van der Waals surface area contributed by atoms with Gasteiger partial charge in [-0.25, -0.2) is 4.98 Å². The van der Waals surface area contributed by atoms with Gasteiger partial charge in [-0.05, 0) is 13.6 Å². The molecule has 0 aliphatic carbocycles. The van der Waals surface area contributed by atoms with Gasteiger partial charge < -0.3 is 15.7 Å². The van der Waals surface area contributed by atoms with Crippen molar-refractivity contribution in [3.05, 3.63) is 16.1 Å². The molecule has 92 valence electrons. The number of hydrogen-bond acceptors (Lipinski definition) is 5. The van der Waals surface area contributed by atoms with Crippen LogP contribution in [0.25, 0.3) is 0 Å². The summed E-state index contributed by atoms with van der Waals surface area (Å²) >= 11 is 1.70. The molecule has 1 unspecified atom stereocenters. The minimum absolute atomic E-state index is 0.208. The Morgan fingerprint density at radius 3 is 3.00 bits per heavy atom. The monoisotopic (exact) mass is 243 g/mol. The number of thiazole rings is 1. The highest BCUT2D eigenvalue weighted by Gasteiger charge is 2.12. The van der Waals surface area contributed by atoms with Crippen molar-refractivity contribution in [2.45, 2.75) is 19.3 Å². The van der Waals surface area contributed by atoms with Crippen LogP contribution in [0.2, 0.25) is 0 Å². The zero-order valence-corrected chi connectivity index (χ0v) is 10.8. The van der Waals surface area contributed by atoms with E-state index in [4.69, 9.17) is 10.8 Å². The maximum atomic E-state index is 8.83. The Morgan fingerprint density at radius 2 is 2.38 bits per heavy atom. The number of aromatic nitrogens is 1. The van der Waals surface area contributed by atoms with Gasteiger partial charge in [0.1, 0.15) is 0 Å². The molecular weight excluding hydrogens is 222 g/mol. The number of likely N-dealkylation sites (N-methyl/N-ethyl adjacent to an activating group) is 1. The summed E-state index contributed by atoms with van der Waals surface area (Å²) < 4.78 is 0. The lowest BCUT2D eigenvalue weighted by Gasteiger charge is -2.18. The van der Waals surface area contributed by atoms with Crippen LogP contribution >= 0.6 is 11.3 Å². The van der Waals surface area contributed by atoms with Gasteiger partial charge in [-0.15, -0.1) is 11.3 Å². The lowest BCUT2D eigenvalue weighted by Crippen LogP contribution is -2.26. The Labute approximate surface area is 101 Å². The first-order valence-corrected chi connectivity index (χ1v) is 6.49. The molecule has 5 heteroatoms. The predicted octanol–water partition coefficient (Wildman–Crippen LogP) is 0.672. The number of aliphatic hydroxyl groups is 1. The molecule has 0 radical (unpaired) electrons. The van der Waals surface area contributed by atoms with E-state index in [1.165, 1.54) is 0 Å². The zero-order chi connectivity index (χ0) is 12.0. The van der Waals surface area contributed by atoms with Crippen LogP contribution in [0.5, 0.6) is 0 Å². The molecule has 0 fully saturated rings. The molecule has 1 rings (SSSR count). The van der Waals surface area contributed by atoms with Crippen molar-refractivity contribution < 1.29 is 5.11 Å². The van der Waals surface area contributed by atoms with E-state index in [0.29, 0.717) is 19.0 Å². The van der Waals surface area contributed by atoms with Gasteiger partial charge in [0.15, 0.2) is 0 Å². The summed E-state index contributed by atoms with van der Waals surface area (Å²) in [6.45, 7) is 4.67. The number of aliphatic hydroxyl groups excluding tert-OH is 1. The van der Waals surface area contributed by atoms with Gasteiger partial charge in [0, 0.05) is 30.8 Å². The largest absolute Gasteiger partial charge is 0.395 e. The van der Waals surface area contributed by atoms with Crippen molar-refractivity contribution in [1.82, 2.24) is 9.88 Å². The molecule has 4 nitrogen and oxygen atoms in total. The molecule has 16 heavy (non-hydrogen) atoms. The number of nitrogens with two attached hydrogens (primary N) is 1. The Kier molecular flexibility index (Phi) is 5.90. The summed E-state index contributed by atoms with van der Waals surface area (Å²) in [5.74, 6) is 0.410. The number of nitrogens with zero attached hydrogens (tertiary/aromatic N) is 2. The smallest absolute Gasteiger partial charge is 0.0969 e. The highest BCUT2D eigenvalue weighted by Crippen LogP contribution is 2.20. The molecule has 1 aromatic heterocycles. The topological polar surface area (TPSA) is 62.4 Å². The second kappa shape index (κ2) is 6.96. The Hall–Kier alpha value is -0.490. The average molecular weight is 243 g/mol. The van der Waals surface area contributed by atoms with E-state index in [0.717, 1.165) is 23.7 Å². The molecule has 0 amide bonds. The van der Waals surface area contributed by atoms with Crippen LogP contribution in [0, 0.1) is 0 Å². The molecule has 0 spiro atoms. The lowest BCUT2D eigenvalue weighted by atomic mass is 10.2. The van der Waals surface area contributed by atoms with Crippen molar-refractivity contribution in [2.75, 3.05) is 33.3 Å². The second-order valence-corrected chi connectivity index (χ2v) is 4.99. The molecule has 1 heterocycles. The standard InChI is InChI=1S/C11H21N3OS/c1-9(7-14(2)5-6-15)11-13-10(3-4-12)8-16-11/h8-9,15H,3-7,12H2,1-2H3. The summed E-state index contributed by atoms with van der Waals surface area (Å²) in [7, 11) is 2.02. The van der Waals surface area contributed by atoms with E-state index in [1.54, 1.807) is 11.3 Å². The fourth-order valence-electron chi connectivity index (χ4n) is 1.62. The lowest BCUT2D eigenvalue weighted by molar-refractivity contribution is 0.216. The summed E-state index contributed by atoms with van der Waals surface area (Å²) in [6, 6.07) is 0. The van der Waals surface area contributed by atoms with E-state index < -0.39 is 0 Å². The Bertz CT molecular complexity index is 303. The molecule has 1 aromatic rings. The first-order chi connectivity index (χ1) is 7.67. The second-order valence-electron chi connectivity index (χ2n) is 4.10. The molecular formula is C11H21N3OS. The molecule has 0 saturated carbocycles. The molecule has 0 aliphatic rings. The summed E-state index contributed by atoms with van der Waals surface area (Å²) in [4.78, 5) is 6.68. The van der Waals surface area contributed by atoms with Crippen LogP contribution in [0.4, 0.5) is 0 Å². The normalized spacial score (nSPS) is 13.3. The SMILES string of the molecule is CC(CN(C)CCO)c1nc(CCN)cs1. The highest BCUT2D eigenvalue weighted by molar-refractivity contribution is 7.09. The van der Waals surface area contributed by atoms with Gasteiger partial charge in [0.2, 0.25) is 0 Å². The molecule has 3 N–H and O–H groups in total. The van der Waals surface area contributed by atoms with E-state index in [-0.39, 0.29) is 6.61 Å². The Balaban J connectivity index is 2.48. The van der Waals surface area contributed by atoms with Crippen LogP contribution in [-0.4, -0.2) is 48.3 Å². The summed E-state index contributed by atoms with van der Waals surface area (Å²) in [5, 5.41) is 12.1. The van der Waals surface area contributed by atoms with Gasteiger partial charge in [-0.2, -0.15) is 0 Å². The van der Waals surface area contributed by atoms with Gasteiger partial charge in [-0.3, -0.25) is 0 Å². The van der Waals surface area contributed by atoms with Gasteiger partial charge in [0.25, 0.3) is 0 Å². The first kappa shape index (κ1) is 13.6. The quantitative estimate of drug-likeness (QED) is 0.739. The van der Waals surface area contributed by atoms with Crippen molar-refractivity contribution in [3.63, 3.8) is 0 Å². The van der Waals surface area contributed by atoms with Crippen LogP contribution in [0.15, 0.2) is 5.38 Å². The number of rotatable bonds is 7. The van der Waals surface area contributed by atoms with E-state index >= 15 is 0 Å². The van der Waals surface area contributed by atoms with Crippen molar-refractivity contribution in [1.29, 1.82) is 0 Å². The number of hydrogen-bond donors (Lipinski definition) is 2. The Morgan fingerprint density at radius 1 is 1.62 bits per heavy atom. The maximum absolute atomic E-state index is 8.83. The van der Waals surface area contributed by atoms with Crippen LogP contribution in [0.3, 0.4) is 0 Å². The third kappa shape index (κ3) is 4.17. The van der Waals surface area contributed by atoms with Crippen molar-refractivity contribution in [2.24, 2.45) is 5.73 Å². The first-order valence-electron chi connectivity index (χ1n) is 5.61. The molecule has 1 atom stereocenters. The minimum Gasteiger partial charge on any atom is -0.395 e. The fraction of sp³-hybridized carbons (Fsp3) is 0.727. The average Bonchev–Trinajstić information content (AvgIpc) is 2.67. The summed E-state index contributed by atoms with van der Waals surface area (Å²) in [5.41, 5.74) is 6.59.